The Kier molecular flexibility index (Phi) is 3.26. The fourth-order valence-electron chi connectivity index (χ4n) is 0.953. The first kappa shape index (κ1) is 10.7. The summed E-state index contributed by atoms with van der Waals surface area (Å²) in [6.45, 7) is 0. The molecule has 0 saturated heterocycles. The zero-order valence-electron chi connectivity index (χ0n) is 7.40. The largest absolute Gasteiger partial charge is 0.224 e. The van der Waals surface area contributed by atoms with E-state index in [1.54, 1.807) is 0 Å². The summed E-state index contributed by atoms with van der Waals surface area (Å²) in [6.07, 6.45) is 5.13. The van der Waals surface area contributed by atoms with E-state index < -0.39 is 15.7 Å². The van der Waals surface area contributed by atoms with Gasteiger partial charge < -0.3 is 0 Å². The molecule has 0 aliphatic heterocycles. The van der Waals surface area contributed by atoms with Crippen LogP contribution in [0.2, 0.25) is 0 Å². The van der Waals surface area contributed by atoms with Crippen LogP contribution in [0.25, 0.3) is 0 Å². The Morgan fingerprint density at radius 3 is 2.36 bits per heavy atom. The Bertz CT molecular complexity index is 440. The van der Waals surface area contributed by atoms with Gasteiger partial charge in [0.1, 0.15) is 5.82 Å². The third kappa shape index (κ3) is 2.57. The van der Waals surface area contributed by atoms with Crippen LogP contribution in [0.15, 0.2) is 29.2 Å². The lowest BCUT2D eigenvalue weighted by Crippen LogP contribution is -2.05. The molecule has 14 heavy (non-hydrogen) atoms. The maximum Gasteiger partial charge on any atom is 0.179 e. The van der Waals surface area contributed by atoms with E-state index in [4.69, 9.17) is 6.42 Å². The first-order chi connectivity index (χ1) is 6.56. The topological polar surface area (TPSA) is 34.1 Å². The predicted molar refractivity (Wildman–Crippen MR) is 51.9 cm³/mol. The van der Waals surface area contributed by atoms with Gasteiger partial charge in [-0.1, -0.05) is 0 Å². The van der Waals surface area contributed by atoms with Crippen LogP contribution in [-0.4, -0.2) is 14.2 Å². The number of terminal acetylenes is 1. The zero-order chi connectivity index (χ0) is 10.6. The van der Waals surface area contributed by atoms with Gasteiger partial charge in [-0.05, 0) is 24.3 Å². The SMILES string of the molecule is C#CCCS(=O)(=O)c1ccc(F)cc1. The molecule has 0 aliphatic carbocycles. The van der Waals surface area contributed by atoms with E-state index >= 15 is 0 Å². The van der Waals surface area contributed by atoms with Crippen LogP contribution in [0.4, 0.5) is 4.39 Å². The average molecular weight is 212 g/mol. The van der Waals surface area contributed by atoms with Gasteiger partial charge in [-0.15, -0.1) is 12.3 Å². The second-order valence-electron chi connectivity index (χ2n) is 2.73. The van der Waals surface area contributed by atoms with Gasteiger partial charge >= 0.3 is 0 Å². The summed E-state index contributed by atoms with van der Waals surface area (Å²) in [5.74, 6) is 1.69. The van der Waals surface area contributed by atoms with Crippen molar-refractivity contribution in [3.63, 3.8) is 0 Å². The third-order valence-corrected chi connectivity index (χ3v) is 3.42. The van der Waals surface area contributed by atoms with Crippen LogP contribution in [0.1, 0.15) is 6.42 Å². The fraction of sp³-hybridized carbons (Fsp3) is 0.200. The number of hydrogen-bond donors (Lipinski definition) is 0. The highest BCUT2D eigenvalue weighted by atomic mass is 32.2. The molecule has 0 unspecified atom stereocenters. The standard InChI is InChI=1S/C10H9FO2S/c1-2-3-8-14(12,13)10-6-4-9(11)5-7-10/h1,4-7H,3,8H2. The zero-order valence-corrected chi connectivity index (χ0v) is 8.22. The highest BCUT2D eigenvalue weighted by molar-refractivity contribution is 7.91. The summed E-state index contributed by atoms with van der Waals surface area (Å²) in [5.41, 5.74) is 0. The number of rotatable bonds is 3. The van der Waals surface area contributed by atoms with E-state index in [0.29, 0.717) is 0 Å². The lowest BCUT2D eigenvalue weighted by atomic mass is 10.4. The molecular weight excluding hydrogens is 203 g/mol. The molecule has 0 aliphatic rings. The fourth-order valence-corrected chi connectivity index (χ4v) is 2.13. The maximum atomic E-state index is 12.5. The van der Waals surface area contributed by atoms with Crippen molar-refractivity contribution < 1.29 is 12.8 Å². The molecule has 1 aromatic rings. The molecule has 0 heterocycles. The molecule has 0 spiro atoms. The van der Waals surface area contributed by atoms with Crippen molar-refractivity contribution >= 4 is 9.84 Å². The molecule has 1 rings (SSSR count). The number of halogens is 1. The van der Waals surface area contributed by atoms with Gasteiger partial charge in [0.05, 0.1) is 10.6 Å². The van der Waals surface area contributed by atoms with Crippen LogP contribution < -0.4 is 0 Å². The molecule has 1 aromatic carbocycles. The predicted octanol–water partition coefficient (Wildman–Crippen LogP) is 1.62. The molecule has 2 nitrogen and oxygen atoms in total. The van der Waals surface area contributed by atoms with E-state index in [2.05, 4.69) is 5.92 Å². The monoisotopic (exact) mass is 212 g/mol. The minimum absolute atomic E-state index is 0.102. The van der Waals surface area contributed by atoms with Crippen molar-refractivity contribution in [1.29, 1.82) is 0 Å². The summed E-state index contributed by atoms with van der Waals surface area (Å²) in [5, 5.41) is 0. The summed E-state index contributed by atoms with van der Waals surface area (Å²) >= 11 is 0. The molecule has 0 saturated carbocycles. The quantitative estimate of drug-likeness (QED) is 0.563. The Morgan fingerprint density at radius 2 is 1.86 bits per heavy atom. The van der Waals surface area contributed by atoms with Gasteiger partial charge in [0.2, 0.25) is 0 Å². The Balaban J connectivity index is 2.94. The lowest BCUT2D eigenvalue weighted by Gasteiger charge is -2.01. The molecule has 0 fully saturated rings. The van der Waals surface area contributed by atoms with Crippen LogP contribution in [0.3, 0.4) is 0 Å². The van der Waals surface area contributed by atoms with Crippen molar-refractivity contribution in [2.75, 3.05) is 5.75 Å². The van der Waals surface area contributed by atoms with E-state index in [1.165, 1.54) is 12.1 Å². The van der Waals surface area contributed by atoms with Gasteiger partial charge in [-0.2, -0.15) is 0 Å². The third-order valence-electron chi connectivity index (χ3n) is 1.69. The number of hydrogen-bond acceptors (Lipinski definition) is 2. The summed E-state index contributed by atoms with van der Waals surface area (Å²) in [7, 11) is -3.35. The maximum absolute atomic E-state index is 12.5. The average Bonchev–Trinajstić information content (AvgIpc) is 2.16. The highest BCUT2D eigenvalue weighted by Crippen LogP contribution is 2.12. The molecule has 0 N–H and O–H groups in total. The van der Waals surface area contributed by atoms with Gasteiger partial charge in [0, 0.05) is 6.42 Å². The van der Waals surface area contributed by atoms with Crippen molar-refractivity contribution in [3.05, 3.63) is 30.1 Å². The van der Waals surface area contributed by atoms with Crippen LogP contribution >= 0.6 is 0 Å². The summed E-state index contributed by atoms with van der Waals surface area (Å²) in [4.78, 5) is 0.106. The first-order valence-electron chi connectivity index (χ1n) is 3.98. The lowest BCUT2D eigenvalue weighted by molar-refractivity contribution is 0.594. The van der Waals surface area contributed by atoms with Crippen molar-refractivity contribution in [2.45, 2.75) is 11.3 Å². The first-order valence-corrected chi connectivity index (χ1v) is 5.63. The molecule has 0 bridgehead atoms. The second kappa shape index (κ2) is 4.25. The van der Waals surface area contributed by atoms with Crippen molar-refractivity contribution in [2.24, 2.45) is 0 Å². The molecule has 74 valence electrons. The molecule has 0 amide bonds. The summed E-state index contributed by atoms with van der Waals surface area (Å²) < 4.78 is 35.5. The Labute approximate surface area is 82.7 Å². The minimum atomic E-state index is -3.35. The Morgan fingerprint density at radius 1 is 1.29 bits per heavy atom. The molecule has 0 aromatic heterocycles. The number of sulfone groups is 1. The van der Waals surface area contributed by atoms with Gasteiger partial charge in [-0.25, -0.2) is 12.8 Å². The van der Waals surface area contributed by atoms with E-state index in [9.17, 15) is 12.8 Å². The minimum Gasteiger partial charge on any atom is -0.224 e. The van der Waals surface area contributed by atoms with E-state index in [1.807, 2.05) is 0 Å². The molecular formula is C10H9FO2S. The Hall–Kier alpha value is -1.34. The normalized spacial score (nSPS) is 10.9. The van der Waals surface area contributed by atoms with Crippen LogP contribution in [0, 0.1) is 18.2 Å². The molecule has 4 heteroatoms. The van der Waals surface area contributed by atoms with Gasteiger partial charge in [0.25, 0.3) is 0 Å². The van der Waals surface area contributed by atoms with Crippen LogP contribution in [-0.2, 0) is 9.84 Å². The number of benzene rings is 1. The van der Waals surface area contributed by atoms with E-state index in [0.717, 1.165) is 12.1 Å². The smallest absolute Gasteiger partial charge is 0.179 e. The van der Waals surface area contributed by atoms with Crippen LogP contribution in [0.5, 0.6) is 0 Å². The second-order valence-corrected chi connectivity index (χ2v) is 4.84. The highest BCUT2D eigenvalue weighted by Gasteiger charge is 2.12. The van der Waals surface area contributed by atoms with Gasteiger partial charge in [0.15, 0.2) is 9.84 Å². The van der Waals surface area contributed by atoms with E-state index in [-0.39, 0.29) is 17.1 Å². The molecule has 0 radical (unpaired) electrons. The van der Waals surface area contributed by atoms with Gasteiger partial charge in [-0.3, -0.25) is 0 Å². The van der Waals surface area contributed by atoms with Crippen molar-refractivity contribution in [3.8, 4) is 12.3 Å². The van der Waals surface area contributed by atoms with Crippen molar-refractivity contribution in [1.82, 2.24) is 0 Å². The summed E-state index contributed by atoms with van der Waals surface area (Å²) in [6, 6.07) is 4.70. The molecule has 0 atom stereocenters.